The molecule has 0 saturated carbocycles. The number of amides is 1. The van der Waals surface area contributed by atoms with Crippen LogP contribution in [0.5, 0.6) is 6.01 Å². The Labute approximate surface area is 181 Å². The fourth-order valence-electron chi connectivity index (χ4n) is 2.43. The first-order valence-electron chi connectivity index (χ1n) is 9.18. The number of nitrogens with one attached hydrogen (secondary N) is 2. The second kappa shape index (κ2) is 10.1. The Balaban J connectivity index is 1.71. The molecule has 0 fully saturated rings. The van der Waals surface area contributed by atoms with E-state index in [1.165, 1.54) is 4.88 Å². The summed E-state index contributed by atoms with van der Waals surface area (Å²) in [5, 5.41) is 18.6. The standard InChI is InChI=1S/C19H21N5O4S2/c1-11(2)28-18-22-14(9-15(23-18)20-6-5-13-4-3-7-29-13)17(27)24-19-21-12(10-30-19)8-16(25)26/h3-4,7,9-11H,5-6,8H2,1-2H3,(H,25,26)(H,20,22,23)(H,21,24,27). The van der Waals surface area contributed by atoms with E-state index in [2.05, 4.69) is 31.7 Å². The maximum absolute atomic E-state index is 12.7. The number of rotatable bonds is 10. The molecule has 3 rings (SSSR count). The number of nitrogens with zero attached hydrogens (tertiary/aromatic N) is 3. The molecule has 3 aromatic heterocycles. The molecular formula is C19H21N5O4S2. The molecule has 0 spiro atoms. The number of anilines is 2. The Morgan fingerprint density at radius 2 is 2.07 bits per heavy atom. The van der Waals surface area contributed by atoms with Crippen molar-refractivity contribution in [3.63, 3.8) is 0 Å². The van der Waals surface area contributed by atoms with Crippen LogP contribution in [0.15, 0.2) is 29.0 Å². The van der Waals surface area contributed by atoms with Crippen molar-refractivity contribution in [3.05, 3.63) is 45.2 Å². The van der Waals surface area contributed by atoms with Gasteiger partial charge in [-0.1, -0.05) is 6.07 Å². The van der Waals surface area contributed by atoms with Crippen LogP contribution < -0.4 is 15.4 Å². The lowest BCUT2D eigenvalue weighted by Crippen LogP contribution is -2.18. The summed E-state index contributed by atoms with van der Waals surface area (Å²) < 4.78 is 5.58. The molecule has 158 valence electrons. The third-order valence-corrected chi connectivity index (χ3v) is 5.38. The number of carboxylic acid groups (broad SMARTS) is 1. The van der Waals surface area contributed by atoms with Crippen LogP contribution in [0.1, 0.15) is 34.9 Å². The quantitative estimate of drug-likeness (QED) is 0.432. The molecule has 0 atom stereocenters. The molecule has 3 N–H and O–H groups in total. The van der Waals surface area contributed by atoms with E-state index < -0.39 is 11.9 Å². The smallest absolute Gasteiger partial charge is 0.319 e. The van der Waals surface area contributed by atoms with Crippen molar-refractivity contribution in [3.8, 4) is 6.01 Å². The van der Waals surface area contributed by atoms with Crippen molar-refractivity contribution < 1.29 is 19.4 Å². The molecular weight excluding hydrogens is 426 g/mol. The van der Waals surface area contributed by atoms with Crippen molar-refractivity contribution in [1.29, 1.82) is 0 Å². The number of thiazole rings is 1. The zero-order chi connectivity index (χ0) is 21.5. The van der Waals surface area contributed by atoms with Crippen LogP contribution in [0, 0.1) is 0 Å². The molecule has 0 radical (unpaired) electrons. The van der Waals surface area contributed by atoms with E-state index in [-0.39, 0.29) is 24.2 Å². The number of thiophene rings is 1. The third-order valence-electron chi connectivity index (χ3n) is 3.64. The van der Waals surface area contributed by atoms with Crippen molar-refractivity contribution in [1.82, 2.24) is 15.0 Å². The molecule has 11 heteroatoms. The van der Waals surface area contributed by atoms with Gasteiger partial charge in [-0.15, -0.1) is 22.7 Å². The van der Waals surface area contributed by atoms with E-state index >= 15 is 0 Å². The van der Waals surface area contributed by atoms with Crippen LogP contribution in [0.3, 0.4) is 0 Å². The molecule has 0 aliphatic rings. The van der Waals surface area contributed by atoms with E-state index in [9.17, 15) is 9.59 Å². The van der Waals surface area contributed by atoms with Crippen molar-refractivity contribution in [2.24, 2.45) is 0 Å². The minimum atomic E-state index is -0.984. The molecule has 0 bridgehead atoms. The Hall–Kier alpha value is -3.05. The number of aromatic nitrogens is 3. The summed E-state index contributed by atoms with van der Waals surface area (Å²) in [6.45, 7) is 4.34. The van der Waals surface area contributed by atoms with Crippen molar-refractivity contribution >= 4 is 45.5 Å². The van der Waals surface area contributed by atoms with Gasteiger partial charge in [-0.25, -0.2) is 4.98 Å². The van der Waals surface area contributed by atoms with Gasteiger partial charge in [0.05, 0.1) is 18.2 Å². The van der Waals surface area contributed by atoms with Gasteiger partial charge in [-0.05, 0) is 31.7 Å². The predicted molar refractivity (Wildman–Crippen MR) is 116 cm³/mol. The van der Waals surface area contributed by atoms with Crippen molar-refractivity contribution in [2.75, 3.05) is 17.2 Å². The molecule has 0 aliphatic heterocycles. The molecule has 3 aromatic rings. The lowest BCUT2D eigenvalue weighted by molar-refractivity contribution is -0.136. The average Bonchev–Trinajstić information content (AvgIpc) is 3.33. The Kier molecular flexibility index (Phi) is 7.31. The van der Waals surface area contributed by atoms with Gasteiger partial charge in [0.1, 0.15) is 11.5 Å². The number of carbonyl (C=O) groups excluding carboxylic acids is 1. The number of carboxylic acids is 1. The summed E-state index contributed by atoms with van der Waals surface area (Å²) in [7, 11) is 0. The number of hydrogen-bond donors (Lipinski definition) is 3. The van der Waals surface area contributed by atoms with Crippen LogP contribution in [-0.2, 0) is 17.6 Å². The molecule has 30 heavy (non-hydrogen) atoms. The van der Waals surface area contributed by atoms with Crippen LogP contribution in [0.25, 0.3) is 0 Å². The molecule has 9 nitrogen and oxygen atoms in total. The molecule has 0 unspecified atom stereocenters. The lowest BCUT2D eigenvalue weighted by atomic mass is 10.3. The average molecular weight is 448 g/mol. The van der Waals surface area contributed by atoms with Gasteiger partial charge in [0.2, 0.25) is 0 Å². The van der Waals surface area contributed by atoms with Gasteiger partial charge in [0.15, 0.2) is 5.13 Å². The highest BCUT2D eigenvalue weighted by molar-refractivity contribution is 7.14. The molecule has 1 amide bonds. The zero-order valence-corrected chi connectivity index (χ0v) is 18.0. The predicted octanol–water partition coefficient (Wildman–Crippen LogP) is 3.32. The second-order valence-electron chi connectivity index (χ2n) is 6.51. The van der Waals surface area contributed by atoms with Gasteiger partial charge in [-0.3, -0.25) is 14.9 Å². The first-order chi connectivity index (χ1) is 14.4. The minimum absolute atomic E-state index is 0.0991. The van der Waals surface area contributed by atoms with Gasteiger partial charge < -0.3 is 15.2 Å². The summed E-state index contributed by atoms with van der Waals surface area (Å²) in [5.74, 6) is -0.987. The van der Waals surface area contributed by atoms with Crippen LogP contribution in [0.4, 0.5) is 10.9 Å². The molecule has 0 aromatic carbocycles. The second-order valence-corrected chi connectivity index (χ2v) is 8.40. The van der Waals surface area contributed by atoms with Gasteiger partial charge in [0, 0.05) is 22.9 Å². The largest absolute Gasteiger partial charge is 0.481 e. The van der Waals surface area contributed by atoms with E-state index in [0.717, 1.165) is 17.8 Å². The van der Waals surface area contributed by atoms with E-state index in [1.54, 1.807) is 22.8 Å². The van der Waals surface area contributed by atoms with Gasteiger partial charge in [-0.2, -0.15) is 9.97 Å². The normalized spacial score (nSPS) is 10.8. The summed E-state index contributed by atoms with van der Waals surface area (Å²) in [6.07, 6.45) is 0.472. The van der Waals surface area contributed by atoms with E-state index in [1.807, 2.05) is 25.3 Å². The first kappa shape index (κ1) is 21.7. The highest BCUT2D eigenvalue weighted by Crippen LogP contribution is 2.19. The molecule has 0 aliphatic carbocycles. The highest BCUT2D eigenvalue weighted by Gasteiger charge is 2.16. The number of carbonyl (C=O) groups is 2. The fraction of sp³-hybridized carbons (Fsp3) is 0.316. The first-order valence-corrected chi connectivity index (χ1v) is 10.9. The van der Waals surface area contributed by atoms with E-state index in [0.29, 0.717) is 23.2 Å². The fourth-order valence-corrected chi connectivity index (χ4v) is 3.84. The van der Waals surface area contributed by atoms with Crippen LogP contribution in [-0.4, -0.2) is 44.6 Å². The summed E-state index contributed by atoms with van der Waals surface area (Å²) in [6, 6.07) is 5.71. The maximum atomic E-state index is 12.7. The monoisotopic (exact) mass is 447 g/mol. The highest BCUT2D eigenvalue weighted by atomic mass is 32.1. The van der Waals surface area contributed by atoms with Gasteiger partial charge in [0.25, 0.3) is 5.91 Å². The summed E-state index contributed by atoms with van der Waals surface area (Å²) >= 11 is 2.83. The SMILES string of the molecule is CC(C)Oc1nc(NCCc2cccs2)cc(C(=O)Nc2nc(CC(=O)O)cs2)n1. The van der Waals surface area contributed by atoms with E-state index in [4.69, 9.17) is 9.84 Å². The number of aliphatic carboxylic acids is 1. The van der Waals surface area contributed by atoms with Crippen LogP contribution in [0.2, 0.25) is 0 Å². The Morgan fingerprint density at radius 3 is 2.77 bits per heavy atom. The summed E-state index contributed by atoms with van der Waals surface area (Å²) in [5.41, 5.74) is 0.500. The van der Waals surface area contributed by atoms with Crippen LogP contribution >= 0.6 is 22.7 Å². The lowest BCUT2D eigenvalue weighted by Gasteiger charge is -2.12. The Morgan fingerprint density at radius 1 is 1.23 bits per heavy atom. The Bertz CT molecular complexity index is 1000. The number of ether oxygens (including phenoxy) is 1. The zero-order valence-electron chi connectivity index (χ0n) is 16.4. The third kappa shape index (κ3) is 6.49. The maximum Gasteiger partial charge on any atom is 0.319 e. The topological polar surface area (TPSA) is 126 Å². The van der Waals surface area contributed by atoms with Gasteiger partial charge >= 0.3 is 12.0 Å². The van der Waals surface area contributed by atoms with Crippen molar-refractivity contribution in [2.45, 2.75) is 32.8 Å². The number of hydrogen-bond acceptors (Lipinski definition) is 9. The molecule has 0 saturated heterocycles. The summed E-state index contributed by atoms with van der Waals surface area (Å²) in [4.78, 5) is 37.3. The molecule has 3 heterocycles. The minimum Gasteiger partial charge on any atom is -0.481 e.